The van der Waals surface area contributed by atoms with E-state index in [0.717, 1.165) is 12.1 Å². The zero-order valence-electron chi connectivity index (χ0n) is 17.4. The van der Waals surface area contributed by atoms with Crippen LogP contribution in [0.1, 0.15) is 37.7 Å². The highest BCUT2D eigenvalue weighted by Crippen LogP contribution is 2.34. The fourth-order valence-electron chi connectivity index (χ4n) is 3.52. The molecule has 0 spiro atoms. The largest absolute Gasteiger partial charge is 0.491 e. The molecule has 1 aliphatic rings. The van der Waals surface area contributed by atoms with Gasteiger partial charge >= 0.3 is 12.1 Å². The van der Waals surface area contributed by atoms with E-state index in [1.165, 1.54) is 24.3 Å². The molecular formula is C23H27F3O6. The van der Waals surface area contributed by atoms with Crippen LogP contribution in [0.5, 0.6) is 5.75 Å². The lowest BCUT2D eigenvalue weighted by Crippen LogP contribution is -2.20. The molecule has 1 aromatic rings. The first-order valence-electron chi connectivity index (χ1n) is 10.3. The summed E-state index contributed by atoms with van der Waals surface area (Å²) >= 11 is 0. The third-order valence-electron chi connectivity index (χ3n) is 5.20. The molecular weight excluding hydrogens is 429 g/mol. The van der Waals surface area contributed by atoms with Crippen molar-refractivity contribution in [3.05, 3.63) is 54.1 Å². The number of carbonyl (C=O) groups excluding carboxylic acids is 1. The highest BCUT2D eigenvalue weighted by molar-refractivity contribution is 5.86. The lowest BCUT2D eigenvalue weighted by Gasteiger charge is -2.17. The van der Waals surface area contributed by atoms with Gasteiger partial charge in [0, 0.05) is 24.7 Å². The number of benzene rings is 1. The van der Waals surface area contributed by atoms with Crippen LogP contribution >= 0.6 is 0 Å². The van der Waals surface area contributed by atoms with Gasteiger partial charge in [0.25, 0.3) is 0 Å². The molecule has 0 aliphatic heterocycles. The summed E-state index contributed by atoms with van der Waals surface area (Å²) in [5, 5.41) is 28.9. The van der Waals surface area contributed by atoms with Gasteiger partial charge in [-0.05, 0) is 37.5 Å². The number of unbranched alkanes of at least 4 members (excludes halogenated alkanes) is 1. The number of carbonyl (C=O) groups is 2. The molecule has 1 aliphatic carbocycles. The Morgan fingerprint density at radius 2 is 2.03 bits per heavy atom. The van der Waals surface area contributed by atoms with Crippen molar-refractivity contribution in [3.8, 4) is 5.75 Å². The van der Waals surface area contributed by atoms with Gasteiger partial charge in [-0.25, -0.2) is 0 Å². The number of aliphatic hydroxyl groups excluding tert-OH is 2. The summed E-state index contributed by atoms with van der Waals surface area (Å²) < 4.78 is 43.5. The van der Waals surface area contributed by atoms with Gasteiger partial charge in [0.1, 0.15) is 24.2 Å². The van der Waals surface area contributed by atoms with Crippen molar-refractivity contribution in [1.29, 1.82) is 0 Å². The van der Waals surface area contributed by atoms with Crippen molar-refractivity contribution in [2.75, 3.05) is 6.61 Å². The molecule has 1 fully saturated rings. The predicted octanol–water partition coefficient (Wildman–Crippen LogP) is 3.77. The van der Waals surface area contributed by atoms with Gasteiger partial charge in [0.15, 0.2) is 0 Å². The SMILES string of the molecule is O=C(O)CCCC=CC[C@H]1[C@@H](O)CC(=O)[C@@H]1C=CC(O)COc1cccc(C(F)(F)F)c1. The summed E-state index contributed by atoms with van der Waals surface area (Å²) in [6, 6.07) is 4.31. The van der Waals surface area contributed by atoms with Crippen LogP contribution < -0.4 is 4.74 Å². The van der Waals surface area contributed by atoms with Crippen LogP contribution in [0.4, 0.5) is 13.2 Å². The number of hydrogen-bond acceptors (Lipinski definition) is 5. The molecule has 0 saturated heterocycles. The fourth-order valence-corrected chi connectivity index (χ4v) is 3.52. The van der Waals surface area contributed by atoms with Crippen molar-refractivity contribution in [1.82, 2.24) is 0 Å². The minimum Gasteiger partial charge on any atom is -0.491 e. The first-order chi connectivity index (χ1) is 15.1. The minimum absolute atomic E-state index is 0.00333. The number of Topliss-reactive ketones (excluding diaryl/α,β-unsaturated/α-hetero) is 1. The normalized spacial score (nSPS) is 22.7. The number of aliphatic hydroxyl groups is 2. The average Bonchev–Trinajstić information content (AvgIpc) is 2.99. The Morgan fingerprint density at radius 1 is 1.28 bits per heavy atom. The van der Waals surface area contributed by atoms with E-state index in [1.54, 1.807) is 0 Å². The smallest absolute Gasteiger partial charge is 0.416 e. The van der Waals surface area contributed by atoms with E-state index in [0.29, 0.717) is 19.3 Å². The third-order valence-corrected chi connectivity index (χ3v) is 5.20. The van der Waals surface area contributed by atoms with Crippen LogP contribution in [0, 0.1) is 11.8 Å². The molecule has 0 aromatic heterocycles. The van der Waals surface area contributed by atoms with E-state index < -0.39 is 35.8 Å². The number of aliphatic carboxylic acids is 1. The van der Waals surface area contributed by atoms with E-state index in [-0.39, 0.29) is 36.9 Å². The number of allylic oxidation sites excluding steroid dienone is 3. The van der Waals surface area contributed by atoms with E-state index >= 15 is 0 Å². The van der Waals surface area contributed by atoms with E-state index in [2.05, 4.69) is 0 Å². The maximum absolute atomic E-state index is 12.7. The summed E-state index contributed by atoms with van der Waals surface area (Å²) in [5.41, 5.74) is -0.857. The molecule has 32 heavy (non-hydrogen) atoms. The number of alkyl halides is 3. The quantitative estimate of drug-likeness (QED) is 0.346. The number of hydrogen-bond donors (Lipinski definition) is 3. The molecule has 0 amide bonds. The number of ether oxygens (including phenoxy) is 1. The Labute approximate surface area is 184 Å². The van der Waals surface area contributed by atoms with Gasteiger partial charge in [-0.1, -0.05) is 30.4 Å². The van der Waals surface area contributed by atoms with Gasteiger partial charge in [-0.2, -0.15) is 13.2 Å². The zero-order valence-corrected chi connectivity index (χ0v) is 17.4. The van der Waals surface area contributed by atoms with Gasteiger partial charge in [-0.15, -0.1) is 0 Å². The van der Waals surface area contributed by atoms with Crippen LogP contribution in [-0.4, -0.2) is 45.9 Å². The summed E-state index contributed by atoms with van der Waals surface area (Å²) in [6.07, 6.45) is 1.58. The summed E-state index contributed by atoms with van der Waals surface area (Å²) in [4.78, 5) is 22.7. The van der Waals surface area contributed by atoms with Crippen LogP contribution in [0.25, 0.3) is 0 Å². The summed E-state index contributed by atoms with van der Waals surface area (Å²) in [6.45, 7) is -0.296. The Bertz CT molecular complexity index is 833. The molecule has 2 rings (SSSR count). The maximum Gasteiger partial charge on any atom is 0.416 e. The molecule has 3 N–H and O–H groups in total. The standard InChI is InChI=1S/C23H27F3O6/c24-23(25,26)15-6-5-7-17(12-15)32-14-16(27)10-11-19-18(20(28)13-21(19)29)8-3-1-2-4-9-22(30)31/h1,3,5-7,10-12,16,18-20,27-28H,2,4,8-9,13-14H2,(H,30,31)/t16?,18-,19-,20+/m1/s1. The molecule has 1 aromatic carbocycles. The second kappa shape index (κ2) is 11.8. The second-order valence-corrected chi connectivity index (χ2v) is 7.71. The Kier molecular flexibility index (Phi) is 9.46. The molecule has 176 valence electrons. The summed E-state index contributed by atoms with van der Waals surface area (Å²) in [7, 11) is 0. The number of ketones is 1. The zero-order chi connectivity index (χ0) is 23.7. The van der Waals surface area contributed by atoms with Gasteiger partial charge < -0.3 is 20.1 Å². The lowest BCUT2D eigenvalue weighted by atomic mass is 9.90. The molecule has 9 heteroatoms. The van der Waals surface area contributed by atoms with Crippen molar-refractivity contribution in [3.63, 3.8) is 0 Å². The van der Waals surface area contributed by atoms with Crippen molar-refractivity contribution in [2.45, 2.75) is 50.5 Å². The molecule has 0 radical (unpaired) electrons. The topological polar surface area (TPSA) is 104 Å². The van der Waals surface area contributed by atoms with Crippen LogP contribution in [0.3, 0.4) is 0 Å². The first-order valence-corrected chi connectivity index (χ1v) is 10.3. The van der Waals surface area contributed by atoms with Gasteiger partial charge in [-0.3, -0.25) is 9.59 Å². The highest BCUT2D eigenvalue weighted by Gasteiger charge is 2.39. The molecule has 1 unspecified atom stereocenters. The molecule has 1 saturated carbocycles. The number of halogens is 3. The summed E-state index contributed by atoms with van der Waals surface area (Å²) in [5.74, 6) is -2.03. The Balaban J connectivity index is 1.88. The van der Waals surface area contributed by atoms with Crippen molar-refractivity contribution in [2.24, 2.45) is 11.8 Å². The third kappa shape index (κ3) is 8.12. The number of carboxylic acid groups (broad SMARTS) is 1. The molecule has 0 heterocycles. The Morgan fingerprint density at radius 3 is 2.72 bits per heavy atom. The Hall–Kier alpha value is -2.65. The molecule has 6 nitrogen and oxygen atoms in total. The second-order valence-electron chi connectivity index (χ2n) is 7.71. The van der Waals surface area contributed by atoms with Crippen LogP contribution in [0.2, 0.25) is 0 Å². The molecule has 4 atom stereocenters. The maximum atomic E-state index is 12.7. The van der Waals surface area contributed by atoms with E-state index in [9.17, 15) is 33.0 Å². The fraction of sp³-hybridized carbons (Fsp3) is 0.478. The van der Waals surface area contributed by atoms with Gasteiger partial charge in [0.05, 0.1) is 11.7 Å². The number of rotatable bonds is 11. The minimum atomic E-state index is -4.50. The van der Waals surface area contributed by atoms with E-state index in [1.807, 2.05) is 12.2 Å². The monoisotopic (exact) mass is 456 g/mol. The van der Waals surface area contributed by atoms with Crippen molar-refractivity contribution >= 4 is 11.8 Å². The number of carboxylic acids is 1. The predicted molar refractivity (Wildman–Crippen MR) is 110 cm³/mol. The van der Waals surface area contributed by atoms with Crippen molar-refractivity contribution < 1.29 is 42.8 Å². The van der Waals surface area contributed by atoms with Crippen LogP contribution in [0.15, 0.2) is 48.6 Å². The average molecular weight is 456 g/mol. The first kappa shape index (κ1) is 25.6. The van der Waals surface area contributed by atoms with E-state index in [4.69, 9.17) is 9.84 Å². The van der Waals surface area contributed by atoms with Crippen LogP contribution in [-0.2, 0) is 15.8 Å². The highest BCUT2D eigenvalue weighted by atomic mass is 19.4. The lowest BCUT2D eigenvalue weighted by molar-refractivity contribution is -0.138. The molecule has 0 bridgehead atoms. The van der Waals surface area contributed by atoms with Gasteiger partial charge in [0.2, 0.25) is 0 Å².